The molecule has 0 aromatic heterocycles. The molecule has 1 unspecified atom stereocenters. The fraction of sp³-hybridized carbons (Fsp3) is 0.176. The van der Waals surface area contributed by atoms with Crippen molar-refractivity contribution in [2.45, 2.75) is 11.0 Å². The molecule has 2 aromatic rings. The molecule has 0 aliphatic carbocycles. The van der Waals surface area contributed by atoms with Gasteiger partial charge >= 0.3 is 17.5 Å². The lowest BCUT2D eigenvalue weighted by atomic mass is 10.1. The molecular weight excluding hydrogens is 377 g/mol. The number of nitrogens with zero attached hydrogens (tertiary/aromatic N) is 1. The van der Waals surface area contributed by atoms with Gasteiger partial charge in [0.2, 0.25) is 5.82 Å². The molecule has 2 aromatic carbocycles. The van der Waals surface area contributed by atoms with Gasteiger partial charge in [-0.2, -0.15) is 4.39 Å². The van der Waals surface area contributed by atoms with Gasteiger partial charge in [0.1, 0.15) is 0 Å². The van der Waals surface area contributed by atoms with Gasteiger partial charge in [0.25, 0.3) is 0 Å². The van der Waals surface area contributed by atoms with Gasteiger partial charge in [-0.3, -0.25) is 19.7 Å². The largest absolute Gasteiger partial charge is 0.387 e. The van der Waals surface area contributed by atoms with Crippen LogP contribution in [0.1, 0.15) is 11.7 Å². The Kier molecular flexibility index (Phi) is 6.85. The summed E-state index contributed by atoms with van der Waals surface area (Å²) in [7, 11) is 0. The average Bonchev–Trinajstić information content (AvgIpc) is 2.67. The number of amides is 2. The van der Waals surface area contributed by atoms with Crippen LogP contribution in [0.5, 0.6) is 0 Å². The fourth-order valence-corrected chi connectivity index (χ4v) is 2.54. The van der Waals surface area contributed by atoms with Crippen LogP contribution in [0.2, 0.25) is 0 Å². The number of nitro groups is 1. The Morgan fingerprint density at radius 3 is 2.48 bits per heavy atom. The second kappa shape index (κ2) is 9.10. The number of hydrogen-bond acceptors (Lipinski definition) is 6. The number of nitrogens with one attached hydrogen (secondary N) is 2. The number of aliphatic hydroxyl groups excluding tert-OH is 1. The fourth-order valence-electron chi connectivity index (χ4n) is 2.13. The smallest absolute Gasteiger partial charge is 0.313 e. The number of thioether (sulfide) groups is 1. The molecular formula is C17H16FN3O5S. The van der Waals surface area contributed by atoms with Crippen molar-refractivity contribution < 1.29 is 24.0 Å². The summed E-state index contributed by atoms with van der Waals surface area (Å²) in [4.78, 5) is 34.4. The number of aliphatic hydroxyl groups is 1. The molecule has 0 saturated heterocycles. The number of carbonyl (C=O) groups is 2. The van der Waals surface area contributed by atoms with Gasteiger partial charge in [-0.05, 0) is 36.1 Å². The van der Waals surface area contributed by atoms with E-state index in [2.05, 4.69) is 10.6 Å². The molecule has 0 aliphatic rings. The number of carbonyl (C=O) groups excluding carboxylic acids is 2. The summed E-state index contributed by atoms with van der Waals surface area (Å²) in [6.45, 7) is -0.200. The van der Waals surface area contributed by atoms with Crippen molar-refractivity contribution in [2.75, 3.05) is 18.1 Å². The maximum Gasteiger partial charge on any atom is 0.313 e. The first-order chi connectivity index (χ1) is 12.8. The number of anilines is 1. The molecule has 142 valence electrons. The van der Waals surface area contributed by atoms with Crippen molar-refractivity contribution in [3.05, 3.63) is 64.0 Å². The minimum atomic E-state index is -1.10. The van der Waals surface area contributed by atoms with Crippen LogP contribution in [0, 0.1) is 15.9 Å². The molecule has 0 aliphatic heterocycles. The normalized spacial score (nSPS) is 11.5. The third kappa shape index (κ3) is 5.50. The second-order valence-corrected chi connectivity index (χ2v) is 6.26. The van der Waals surface area contributed by atoms with Crippen molar-refractivity contribution >= 4 is 35.0 Å². The number of benzene rings is 2. The van der Waals surface area contributed by atoms with Gasteiger partial charge in [0, 0.05) is 23.2 Å². The first-order valence-electron chi connectivity index (χ1n) is 7.67. The molecule has 10 heteroatoms. The van der Waals surface area contributed by atoms with E-state index in [1.54, 1.807) is 23.9 Å². The SMILES string of the molecule is CSc1ccc(C(O)CNC(=O)C(=O)Nc2ccc(F)c([N+](=O)[O-])c2)cc1. The quantitative estimate of drug-likeness (QED) is 0.299. The summed E-state index contributed by atoms with van der Waals surface area (Å²) >= 11 is 1.55. The molecule has 3 N–H and O–H groups in total. The third-order valence-corrected chi connectivity index (χ3v) is 4.31. The van der Waals surface area contributed by atoms with E-state index in [1.807, 2.05) is 18.4 Å². The maximum absolute atomic E-state index is 13.3. The number of rotatable bonds is 6. The minimum Gasteiger partial charge on any atom is -0.387 e. The average molecular weight is 393 g/mol. The number of nitro benzene ring substituents is 1. The summed E-state index contributed by atoms with van der Waals surface area (Å²) < 4.78 is 13.3. The lowest BCUT2D eigenvalue weighted by Gasteiger charge is -2.12. The van der Waals surface area contributed by atoms with Gasteiger partial charge in [0.15, 0.2) is 0 Å². The van der Waals surface area contributed by atoms with Crippen LogP contribution in [-0.4, -0.2) is 34.6 Å². The standard InChI is InChI=1S/C17H16FN3O5S/c1-27-12-5-2-10(3-6-12)15(22)9-19-16(23)17(24)20-11-4-7-13(18)14(8-11)21(25)26/h2-8,15,22H,9H2,1H3,(H,19,23)(H,20,24). The molecule has 1 atom stereocenters. The first kappa shape index (κ1) is 20.3. The molecule has 8 nitrogen and oxygen atoms in total. The highest BCUT2D eigenvalue weighted by Crippen LogP contribution is 2.21. The Morgan fingerprint density at radius 1 is 1.22 bits per heavy atom. The molecule has 2 amide bonds. The molecule has 2 rings (SSSR count). The molecule has 0 spiro atoms. The Morgan fingerprint density at radius 2 is 1.89 bits per heavy atom. The Balaban J connectivity index is 1.92. The van der Waals surface area contributed by atoms with Crippen LogP contribution < -0.4 is 10.6 Å². The summed E-state index contributed by atoms with van der Waals surface area (Å²) in [6, 6.07) is 9.77. The van der Waals surface area contributed by atoms with Crippen LogP contribution in [0.4, 0.5) is 15.8 Å². The lowest BCUT2D eigenvalue weighted by Crippen LogP contribution is -2.37. The van der Waals surface area contributed by atoms with E-state index in [-0.39, 0.29) is 12.2 Å². The zero-order chi connectivity index (χ0) is 20.0. The van der Waals surface area contributed by atoms with Crippen molar-refractivity contribution in [3.63, 3.8) is 0 Å². The van der Waals surface area contributed by atoms with E-state index in [4.69, 9.17) is 0 Å². The predicted octanol–water partition coefficient (Wildman–Crippen LogP) is 2.24. The van der Waals surface area contributed by atoms with Crippen LogP contribution >= 0.6 is 11.8 Å². The Labute approximate surface area is 157 Å². The summed E-state index contributed by atoms with van der Waals surface area (Å²) in [5, 5.41) is 25.2. The Bertz CT molecular complexity index is 860. The van der Waals surface area contributed by atoms with Gasteiger partial charge in [-0.1, -0.05) is 12.1 Å². The second-order valence-electron chi connectivity index (χ2n) is 5.38. The minimum absolute atomic E-state index is 0.101. The molecule has 0 heterocycles. The van der Waals surface area contributed by atoms with E-state index < -0.39 is 34.3 Å². The Hall–Kier alpha value is -2.98. The third-order valence-electron chi connectivity index (χ3n) is 3.56. The van der Waals surface area contributed by atoms with Gasteiger partial charge in [0.05, 0.1) is 11.0 Å². The van der Waals surface area contributed by atoms with Gasteiger partial charge in [-0.25, -0.2) is 0 Å². The molecule has 0 saturated carbocycles. The molecule has 0 bridgehead atoms. The van der Waals surface area contributed by atoms with E-state index in [1.165, 1.54) is 0 Å². The summed E-state index contributed by atoms with van der Waals surface area (Å²) in [5.74, 6) is -3.19. The van der Waals surface area contributed by atoms with E-state index in [9.17, 15) is 29.2 Å². The summed E-state index contributed by atoms with van der Waals surface area (Å²) in [5.41, 5.74) is -0.351. The highest BCUT2D eigenvalue weighted by atomic mass is 32.2. The van der Waals surface area contributed by atoms with E-state index >= 15 is 0 Å². The van der Waals surface area contributed by atoms with Crippen molar-refractivity contribution in [1.29, 1.82) is 0 Å². The van der Waals surface area contributed by atoms with E-state index in [0.29, 0.717) is 5.56 Å². The number of halogens is 1. The monoisotopic (exact) mass is 393 g/mol. The van der Waals surface area contributed by atoms with Crippen LogP contribution in [0.3, 0.4) is 0 Å². The zero-order valence-electron chi connectivity index (χ0n) is 14.1. The van der Waals surface area contributed by atoms with Gasteiger partial charge < -0.3 is 15.7 Å². The zero-order valence-corrected chi connectivity index (χ0v) is 15.0. The molecule has 0 fully saturated rings. The topological polar surface area (TPSA) is 122 Å². The molecule has 27 heavy (non-hydrogen) atoms. The number of hydrogen-bond donors (Lipinski definition) is 3. The van der Waals surface area contributed by atoms with Crippen molar-refractivity contribution in [1.82, 2.24) is 5.32 Å². The highest BCUT2D eigenvalue weighted by molar-refractivity contribution is 7.98. The van der Waals surface area contributed by atoms with Crippen LogP contribution in [-0.2, 0) is 9.59 Å². The highest BCUT2D eigenvalue weighted by Gasteiger charge is 2.19. The van der Waals surface area contributed by atoms with Crippen LogP contribution in [0.25, 0.3) is 0 Å². The lowest BCUT2D eigenvalue weighted by molar-refractivity contribution is -0.387. The maximum atomic E-state index is 13.3. The summed E-state index contributed by atoms with van der Waals surface area (Å²) in [6.07, 6.45) is 0.907. The van der Waals surface area contributed by atoms with Crippen molar-refractivity contribution in [3.8, 4) is 0 Å². The van der Waals surface area contributed by atoms with E-state index in [0.717, 1.165) is 23.1 Å². The van der Waals surface area contributed by atoms with Crippen LogP contribution in [0.15, 0.2) is 47.4 Å². The predicted molar refractivity (Wildman–Crippen MR) is 97.9 cm³/mol. The van der Waals surface area contributed by atoms with Gasteiger partial charge in [-0.15, -0.1) is 11.8 Å². The first-order valence-corrected chi connectivity index (χ1v) is 8.89. The van der Waals surface area contributed by atoms with Crippen molar-refractivity contribution in [2.24, 2.45) is 0 Å². The molecule has 0 radical (unpaired) electrons.